The average molecular weight is 261 g/mol. The Morgan fingerprint density at radius 1 is 1.37 bits per heavy atom. The molecule has 1 aliphatic heterocycles. The Labute approximate surface area is 113 Å². The standard InChI is InChI=1S/C15H19NO3/c1-3-4-14-9-11(2)10-15(19-14)12-5-7-13(8-6-12)16(17)18/h5-8,14-15H,2-4,9-10H2,1H3. The van der Waals surface area contributed by atoms with Crippen molar-refractivity contribution in [2.75, 3.05) is 0 Å². The van der Waals surface area contributed by atoms with Crippen molar-refractivity contribution < 1.29 is 9.66 Å². The summed E-state index contributed by atoms with van der Waals surface area (Å²) in [5.41, 5.74) is 2.31. The van der Waals surface area contributed by atoms with Gasteiger partial charge in [-0.3, -0.25) is 10.1 Å². The molecule has 2 rings (SSSR count). The first kappa shape index (κ1) is 13.7. The largest absolute Gasteiger partial charge is 0.370 e. The van der Waals surface area contributed by atoms with E-state index in [0.717, 1.165) is 31.2 Å². The molecule has 4 heteroatoms. The van der Waals surface area contributed by atoms with Crippen LogP contribution in [0.3, 0.4) is 0 Å². The van der Waals surface area contributed by atoms with Crippen LogP contribution in [0.4, 0.5) is 5.69 Å². The maximum Gasteiger partial charge on any atom is 0.269 e. The third kappa shape index (κ3) is 3.41. The highest BCUT2D eigenvalue weighted by Gasteiger charge is 2.25. The van der Waals surface area contributed by atoms with Crippen LogP contribution in [0.15, 0.2) is 36.4 Å². The maximum atomic E-state index is 10.6. The molecule has 2 atom stereocenters. The zero-order chi connectivity index (χ0) is 13.8. The van der Waals surface area contributed by atoms with E-state index in [4.69, 9.17) is 4.74 Å². The van der Waals surface area contributed by atoms with E-state index in [0.29, 0.717) is 0 Å². The van der Waals surface area contributed by atoms with Crippen molar-refractivity contribution in [2.24, 2.45) is 0 Å². The van der Waals surface area contributed by atoms with Gasteiger partial charge in [-0.05, 0) is 37.0 Å². The minimum atomic E-state index is -0.385. The summed E-state index contributed by atoms with van der Waals surface area (Å²) < 4.78 is 6.05. The van der Waals surface area contributed by atoms with Gasteiger partial charge in [-0.1, -0.05) is 25.5 Å². The molecule has 1 aromatic carbocycles. The number of rotatable bonds is 4. The molecule has 2 unspecified atom stereocenters. The number of nitro benzene ring substituents is 1. The van der Waals surface area contributed by atoms with Crippen molar-refractivity contribution in [3.63, 3.8) is 0 Å². The molecular weight excluding hydrogens is 242 g/mol. The molecule has 0 N–H and O–H groups in total. The van der Waals surface area contributed by atoms with E-state index in [-0.39, 0.29) is 22.8 Å². The molecule has 0 spiro atoms. The van der Waals surface area contributed by atoms with E-state index in [1.807, 2.05) is 0 Å². The van der Waals surface area contributed by atoms with Crippen molar-refractivity contribution in [1.82, 2.24) is 0 Å². The Morgan fingerprint density at radius 3 is 2.63 bits per heavy atom. The number of nitro groups is 1. The van der Waals surface area contributed by atoms with Crippen LogP contribution in [0.2, 0.25) is 0 Å². The van der Waals surface area contributed by atoms with Gasteiger partial charge < -0.3 is 4.74 Å². The van der Waals surface area contributed by atoms with Crippen LogP contribution >= 0.6 is 0 Å². The van der Waals surface area contributed by atoms with Crippen molar-refractivity contribution in [3.05, 3.63) is 52.1 Å². The number of nitrogens with zero attached hydrogens (tertiary/aromatic N) is 1. The van der Waals surface area contributed by atoms with E-state index >= 15 is 0 Å². The average Bonchev–Trinajstić information content (AvgIpc) is 2.38. The summed E-state index contributed by atoms with van der Waals surface area (Å²) in [4.78, 5) is 10.3. The first-order valence-electron chi connectivity index (χ1n) is 6.66. The molecule has 0 bridgehead atoms. The summed E-state index contributed by atoms with van der Waals surface area (Å²) in [6, 6.07) is 6.63. The third-order valence-corrected chi connectivity index (χ3v) is 3.43. The molecule has 0 amide bonds. The molecule has 1 aromatic rings. The number of hydrogen-bond donors (Lipinski definition) is 0. The van der Waals surface area contributed by atoms with Crippen LogP contribution in [0.1, 0.15) is 44.3 Å². The zero-order valence-electron chi connectivity index (χ0n) is 11.2. The third-order valence-electron chi connectivity index (χ3n) is 3.43. The summed E-state index contributed by atoms with van der Waals surface area (Å²) in [5.74, 6) is 0. The zero-order valence-corrected chi connectivity index (χ0v) is 11.2. The minimum absolute atomic E-state index is 0.0152. The molecule has 4 nitrogen and oxygen atoms in total. The van der Waals surface area contributed by atoms with Crippen molar-refractivity contribution in [2.45, 2.75) is 44.8 Å². The summed E-state index contributed by atoms with van der Waals surface area (Å²) in [7, 11) is 0. The van der Waals surface area contributed by atoms with Crippen LogP contribution in [-0.4, -0.2) is 11.0 Å². The maximum absolute atomic E-state index is 10.6. The van der Waals surface area contributed by atoms with E-state index in [2.05, 4.69) is 13.5 Å². The first-order chi connectivity index (χ1) is 9.10. The Bertz CT molecular complexity index is 467. The molecule has 1 fully saturated rings. The molecule has 0 saturated carbocycles. The highest BCUT2D eigenvalue weighted by atomic mass is 16.6. The van der Waals surface area contributed by atoms with Crippen LogP contribution in [0, 0.1) is 10.1 Å². The molecule has 102 valence electrons. The fourth-order valence-corrected chi connectivity index (χ4v) is 2.50. The summed E-state index contributed by atoms with van der Waals surface area (Å²) in [6.07, 6.45) is 4.06. The normalized spacial score (nSPS) is 23.3. The SMILES string of the molecule is C=C1CC(CCC)OC(c2ccc([N+](=O)[O-])cc2)C1. The van der Waals surface area contributed by atoms with Gasteiger partial charge in [0.1, 0.15) is 0 Å². The minimum Gasteiger partial charge on any atom is -0.370 e. The summed E-state index contributed by atoms with van der Waals surface area (Å²) in [5, 5.41) is 10.6. The predicted molar refractivity (Wildman–Crippen MR) is 74.0 cm³/mol. The van der Waals surface area contributed by atoms with E-state index < -0.39 is 0 Å². The number of ether oxygens (including phenoxy) is 1. The Kier molecular flexibility index (Phi) is 4.32. The molecule has 1 saturated heterocycles. The van der Waals surface area contributed by atoms with Gasteiger partial charge in [0, 0.05) is 12.1 Å². The second kappa shape index (κ2) is 5.97. The van der Waals surface area contributed by atoms with Gasteiger partial charge in [0.05, 0.1) is 17.1 Å². The van der Waals surface area contributed by atoms with Crippen molar-refractivity contribution in [3.8, 4) is 0 Å². The predicted octanol–water partition coefficient (Wildman–Crippen LogP) is 4.17. The van der Waals surface area contributed by atoms with Gasteiger partial charge >= 0.3 is 0 Å². The van der Waals surface area contributed by atoms with Crippen LogP contribution < -0.4 is 0 Å². The fourth-order valence-electron chi connectivity index (χ4n) is 2.50. The number of non-ortho nitro benzene ring substituents is 1. The van der Waals surface area contributed by atoms with E-state index in [9.17, 15) is 10.1 Å². The monoisotopic (exact) mass is 261 g/mol. The quantitative estimate of drug-likeness (QED) is 0.464. The number of benzene rings is 1. The highest BCUT2D eigenvalue weighted by molar-refractivity contribution is 5.34. The Morgan fingerprint density at radius 2 is 2.05 bits per heavy atom. The second-order valence-corrected chi connectivity index (χ2v) is 5.04. The van der Waals surface area contributed by atoms with Crippen LogP contribution in [-0.2, 0) is 4.74 Å². The molecule has 1 aliphatic rings. The van der Waals surface area contributed by atoms with Crippen molar-refractivity contribution in [1.29, 1.82) is 0 Å². The first-order valence-corrected chi connectivity index (χ1v) is 6.66. The fraction of sp³-hybridized carbons (Fsp3) is 0.467. The molecule has 19 heavy (non-hydrogen) atoms. The number of hydrogen-bond acceptors (Lipinski definition) is 3. The van der Waals surface area contributed by atoms with Gasteiger partial charge in [-0.15, -0.1) is 0 Å². The smallest absolute Gasteiger partial charge is 0.269 e. The lowest BCUT2D eigenvalue weighted by Gasteiger charge is -2.31. The summed E-state index contributed by atoms with van der Waals surface area (Å²) >= 11 is 0. The van der Waals surface area contributed by atoms with Gasteiger partial charge in [-0.2, -0.15) is 0 Å². The lowest BCUT2D eigenvalue weighted by molar-refractivity contribution is -0.384. The van der Waals surface area contributed by atoms with E-state index in [1.54, 1.807) is 12.1 Å². The molecule has 0 aromatic heterocycles. The van der Waals surface area contributed by atoms with Crippen LogP contribution in [0.25, 0.3) is 0 Å². The molecule has 1 heterocycles. The van der Waals surface area contributed by atoms with Gasteiger partial charge in [0.25, 0.3) is 5.69 Å². The molecule has 0 radical (unpaired) electrons. The lowest BCUT2D eigenvalue weighted by Crippen LogP contribution is -2.23. The molecular formula is C15H19NO3. The van der Waals surface area contributed by atoms with Crippen LogP contribution in [0.5, 0.6) is 0 Å². The Balaban J connectivity index is 2.11. The highest BCUT2D eigenvalue weighted by Crippen LogP contribution is 2.35. The summed E-state index contributed by atoms with van der Waals surface area (Å²) in [6.45, 7) is 6.22. The lowest BCUT2D eigenvalue weighted by atomic mass is 9.93. The second-order valence-electron chi connectivity index (χ2n) is 5.04. The molecule has 0 aliphatic carbocycles. The van der Waals surface area contributed by atoms with Gasteiger partial charge in [-0.25, -0.2) is 0 Å². The van der Waals surface area contributed by atoms with E-state index in [1.165, 1.54) is 17.7 Å². The van der Waals surface area contributed by atoms with Gasteiger partial charge in [0.2, 0.25) is 0 Å². The van der Waals surface area contributed by atoms with Gasteiger partial charge in [0.15, 0.2) is 0 Å². The Hall–Kier alpha value is -1.68. The topological polar surface area (TPSA) is 52.4 Å². The van der Waals surface area contributed by atoms with Crippen molar-refractivity contribution >= 4 is 5.69 Å².